The summed E-state index contributed by atoms with van der Waals surface area (Å²) in [4.78, 5) is 2.48. The first kappa shape index (κ1) is 16.3. The van der Waals surface area contributed by atoms with Crippen LogP contribution in [-0.2, 0) is 6.54 Å². The van der Waals surface area contributed by atoms with Gasteiger partial charge in [0.1, 0.15) is 5.75 Å². The van der Waals surface area contributed by atoms with E-state index in [1.807, 2.05) is 12.1 Å². The van der Waals surface area contributed by atoms with E-state index in [0.29, 0.717) is 6.04 Å². The van der Waals surface area contributed by atoms with Crippen LogP contribution in [-0.4, -0.2) is 37.2 Å². The number of ether oxygens (including phenoxy) is 1. The summed E-state index contributed by atoms with van der Waals surface area (Å²) in [5, 5.41) is 3.64. The molecule has 0 aromatic heterocycles. The summed E-state index contributed by atoms with van der Waals surface area (Å²) in [6.07, 6.45) is 2.64. The van der Waals surface area contributed by atoms with Gasteiger partial charge in [-0.25, -0.2) is 0 Å². The molecule has 0 aliphatic heterocycles. The van der Waals surface area contributed by atoms with Crippen LogP contribution in [0.5, 0.6) is 5.75 Å². The lowest BCUT2D eigenvalue weighted by Gasteiger charge is -2.44. The molecule has 2 atom stereocenters. The minimum absolute atomic E-state index is 0.210. The molecule has 1 saturated carbocycles. The number of nitrogens with zero attached hydrogens (tertiary/aromatic N) is 1. The molecule has 2 rings (SSSR count). The van der Waals surface area contributed by atoms with Crippen LogP contribution >= 0.6 is 0 Å². The molecule has 0 saturated heterocycles. The third kappa shape index (κ3) is 4.45. The number of benzene rings is 1. The Morgan fingerprint density at radius 3 is 2.52 bits per heavy atom. The van der Waals surface area contributed by atoms with Gasteiger partial charge < -0.3 is 10.1 Å². The molecule has 1 aromatic rings. The third-order valence-electron chi connectivity index (χ3n) is 4.45. The minimum Gasteiger partial charge on any atom is -0.496 e. The lowest BCUT2D eigenvalue weighted by molar-refractivity contribution is 0.0732. The van der Waals surface area contributed by atoms with E-state index in [1.165, 1.54) is 18.4 Å². The molecule has 1 aliphatic carbocycles. The number of methoxy groups -OCH3 is 1. The molecule has 3 heteroatoms. The van der Waals surface area contributed by atoms with Crippen molar-refractivity contribution < 1.29 is 4.74 Å². The largest absolute Gasteiger partial charge is 0.496 e. The molecule has 3 nitrogen and oxygen atoms in total. The summed E-state index contributed by atoms with van der Waals surface area (Å²) in [7, 11) is 3.98. The molecule has 0 radical (unpaired) electrons. The summed E-state index contributed by atoms with van der Waals surface area (Å²) >= 11 is 0. The van der Waals surface area contributed by atoms with Crippen LogP contribution in [0.25, 0.3) is 0 Å². The van der Waals surface area contributed by atoms with Gasteiger partial charge in [-0.15, -0.1) is 0 Å². The maximum absolute atomic E-state index is 5.46. The molecule has 1 aliphatic rings. The van der Waals surface area contributed by atoms with Gasteiger partial charge in [0.2, 0.25) is 0 Å². The van der Waals surface area contributed by atoms with E-state index in [1.54, 1.807) is 7.11 Å². The van der Waals surface area contributed by atoms with Gasteiger partial charge in [0, 0.05) is 23.7 Å². The summed E-state index contributed by atoms with van der Waals surface area (Å²) in [6, 6.07) is 9.01. The van der Waals surface area contributed by atoms with Crippen LogP contribution < -0.4 is 10.1 Å². The van der Waals surface area contributed by atoms with E-state index >= 15 is 0 Å². The Morgan fingerprint density at radius 1 is 1.24 bits per heavy atom. The Balaban J connectivity index is 1.90. The standard InChI is InChI=1S/C18H30N2O/c1-18(2,3)19-12-14-10-11-16(14)20(4)13-15-8-6-7-9-17(15)21-5/h6-9,14,16,19H,10-13H2,1-5H3. The van der Waals surface area contributed by atoms with Gasteiger partial charge in [0.25, 0.3) is 0 Å². The molecule has 0 bridgehead atoms. The predicted octanol–water partition coefficient (Wildman–Crippen LogP) is 3.29. The Morgan fingerprint density at radius 2 is 1.95 bits per heavy atom. The summed E-state index contributed by atoms with van der Waals surface area (Å²) in [5.41, 5.74) is 1.48. The van der Waals surface area contributed by atoms with E-state index in [0.717, 1.165) is 24.8 Å². The number of rotatable bonds is 6. The zero-order valence-electron chi connectivity index (χ0n) is 14.1. The first-order valence-corrected chi connectivity index (χ1v) is 7.98. The van der Waals surface area contributed by atoms with Crippen molar-refractivity contribution in [1.29, 1.82) is 0 Å². The fraction of sp³-hybridized carbons (Fsp3) is 0.667. The minimum atomic E-state index is 0.210. The van der Waals surface area contributed by atoms with E-state index in [4.69, 9.17) is 4.74 Å². The maximum atomic E-state index is 5.46. The lowest BCUT2D eigenvalue weighted by Crippen LogP contribution is -2.51. The second-order valence-electron chi connectivity index (χ2n) is 7.26. The normalized spacial score (nSPS) is 22.2. The number of hydrogen-bond donors (Lipinski definition) is 1. The molecule has 118 valence electrons. The van der Waals surface area contributed by atoms with E-state index < -0.39 is 0 Å². The summed E-state index contributed by atoms with van der Waals surface area (Å²) in [6.45, 7) is 8.78. The SMILES string of the molecule is COc1ccccc1CN(C)C1CCC1CNC(C)(C)C. The zero-order valence-corrected chi connectivity index (χ0v) is 14.1. The van der Waals surface area contributed by atoms with Crippen molar-refractivity contribution in [2.24, 2.45) is 5.92 Å². The topological polar surface area (TPSA) is 24.5 Å². The molecule has 2 unspecified atom stereocenters. The van der Waals surface area contributed by atoms with Gasteiger partial charge >= 0.3 is 0 Å². The second-order valence-corrected chi connectivity index (χ2v) is 7.26. The van der Waals surface area contributed by atoms with E-state index in [-0.39, 0.29) is 5.54 Å². The van der Waals surface area contributed by atoms with Gasteiger partial charge in [-0.1, -0.05) is 18.2 Å². The van der Waals surface area contributed by atoms with Crippen molar-refractivity contribution >= 4 is 0 Å². The Bertz CT molecular complexity index is 453. The molecule has 0 heterocycles. The number of para-hydroxylation sites is 1. The van der Waals surface area contributed by atoms with Crippen LogP contribution in [0.2, 0.25) is 0 Å². The van der Waals surface area contributed by atoms with Crippen molar-refractivity contribution in [2.75, 3.05) is 20.7 Å². The van der Waals surface area contributed by atoms with Crippen LogP contribution in [0.15, 0.2) is 24.3 Å². The average Bonchev–Trinajstić information content (AvgIpc) is 2.36. The second kappa shape index (κ2) is 6.80. The fourth-order valence-electron chi connectivity index (χ4n) is 3.03. The van der Waals surface area contributed by atoms with Gasteiger partial charge in [0.05, 0.1) is 7.11 Å². The van der Waals surface area contributed by atoms with Crippen LogP contribution in [0.3, 0.4) is 0 Å². The Hall–Kier alpha value is -1.06. The highest BCUT2D eigenvalue weighted by atomic mass is 16.5. The smallest absolute Gasteiger partial charge is 0.123 e. The molecule has 0 amide bonds. The first-order valence-electron chi connectivity index (χ1n) is 7.98. The highest BCUT2D eigenvalue weighted by Gasteiger charge is 2.34. The van der Waals surface area contributed by atoms with Gasteiger partial charge in [0.15, 0.2) is 0 Å². The van der Waals surface area contributed by atoms with E-state index in [2.05, 4.69) is 50.2 Å². The van der Waals surface area contributed by atoms with Crippen LogP contribution in [0, 0.1) is 5.92 Å². The van der Waals surface area contributed by atoms with Crippen molar-refractivity contribution in [3.05, 3.63) is 29.8 Å². The first-order chi connectivity index (χ1) is 9.90. The van der Waals surface area contributed by atoms with E-state index in [9.17, 15) is 0 Å². The van der Waals surface area contributed by atoms with Crippen molar-refractivity contribution in [1.82, 2.24) is 10.2 Å². The Kier molecular flexibility index (Phi) is 5.28. The molecule has 1 aromatic carbocycles. The molecule has 1 fully saturated rings. The van der Waals surface area contributed by atoms with Gasteiger partial charge in [-0.2, -0.15) is 0 Å². The van der Waals surface area contributed by atoms with Gasteiger partial charge in [-0.05, 0) is 59.2 Å². The van der Waals surface area contributed by atoms with Crippen molar-refractivity contribution in [3.8, 4) is 5.75 Å². The summed E-state index contributed by atoms with van der Waals surface area (Å²) in [5.74, 6) is 1.76. The van der Waals surface area contributed by atoms with Crippen molar-refractivity contribution in [2.45, 2.75) is 51.7 Å². The highest BCUT2D eigenvalue weighted by molar-refractivity contribution is 5.33. The number of hydrogen-bond acceptors (Lipinski definition) is 3. The highest BCUT2D eigenvalue weighted by Crippen LogP contribution is 2.33. The van der Waals surface area contributed by atoms with Gasteiger partial charge in [-0.3, -0.25) is 4.90 Å². The quantitative estimate of drug-likeness (QED) is 0.870. The third-order valence-corrected chi connectivity index (χ3v) is 4.45. The van der Waals surface area contributed by atoms with Crippen molar-refractivity contribution in [3.63, 3.8) is 0 Å². The number of nitrogens with one attached hydrogen (secondary N) is 1. The average molecular weight is 290 g/mol. The van der Waals surface area contributed by atoms with Crippen LogP contribution in [0.4, 0.5) is 0 Å². The lowest BCUT2D eigenvalue weighted by atomic mass is 9.78. The molecular formula is C18H30N2O. The Labute approximate surface area is 129 Å². The molecule has 1 N–H and O–H groups in total. The zero-order chi connectivity index (χ0) is 15.5. The summed E-state index contributed by atoms with van der Waals surface area (Å²) < 4.78 is 5.46. The monoisotopic (exact) mass is 290 g/mol. The molecular weight excluding hydrogens is 260 g/mol. The van der Waals surface area contributed by atoms with Crippen LogP contribution in [0.1, 0.15) is 39.2 Å². The molecule has 21 heavy (non-hydrogen) atoms. The molecule has 0 spiro atoms. The predicted molar refractivity (Wildman–Crippen MR) is 88.7 cm³/mol. The maximum Gasteiger partial charge on any atom is 0.123 e. The fourth-order valence-corrected chi connectivity index (χ4v) is 3.03.